The van der Waals surface area contributed by atoms with Gasteiger partial charge in [-0.05, 0) is 38.6 Å². The number of nitrogens with zero attached hydrogens (tertiary/aromatic N) is 2. The molecule has 0 aliphatic carbocycles. The molecule has 3 nitrogen and oxygen atoms in total. The molecule has 1 aromatic rings. The van der Waals surface area contributed by atoms with Crippen LogP contribution in [0.2, 0.25) is 5.02 Å². The smallest absolute Gasteiger partial charge is 0.0426 e. The van der Waals surface area contributed by atoms with E-state index in [0.717, 1.165) is 24.5 Å². The number of halogens is 1. The molecule has 2 rings (SSSR count). The first-order valence-corrected chi connectivity index (χ1v) is 6.92. The summed E-state index contributed by atoms with van der Waals surface area (Å²) in [6, 6.07) is 9.02. The van der Waals surface area contributed by atoms with E-state index in [1.54, 1.807) is 0 Å². The summed E-state index contributed by atoms with van der Waals surface area (Å²) < 4.78 is 0. The third-order valence-corrected chi connectivity index (χ3v) is 4.11. The summed E-state index contributed by atoms with van der Waals surface area (Å²) in [4.78, 5) is 4.79. The van der Waals surface area contributed by atoms with Gasteiger partial charge in [0.1, 0.15) is 0 Å². The van der Waals surface area contributed by atoms with Crippen molar-refractivity contribution >= 4 is 17.3 Å². The van der Waals surface area contributed by atoms with Crippen molar-refractivity contribution in [2.24, 2.45) is 5.73 Å². The van der Waals surface area contributed by atoms with Crippen LogP contribution < -0.4 is 10.6 Å². The molecule has 1 fully saturated rings. The van der Waals surface area contributed by atoms with E-state index < -0.39 is 0 Å². The van der Waals surface area contributed by atoms with Crippen LogP contribution >= 0.6 is 11.6 Å². The Labute approximate surface area is 115 Å². The molecule has 2 N–H and O–H groups in total. The molecule has 0 amide bonds. The molecule has 1 aliphatic rings. The van der Waals surface area contributed by atoms with Crippen LogP contribution in [0.25, 0.3) is 0 Å². The molecule has 4 heteroatoms. The number of nitrogens with two attached hydrogens (primary N) is 1. The van der Waals surface area contributed by atoms with Gasteiger partial charge in [-0.15, -0.1) is 0 Å². The molecule has 100 valence electrons. The maximum Gasteiger partial charge on any atom is 0.0426 e. The van der Waals surface area contributed by atoms with Gasteiger partial charge in [0.05, 0.1) is 0 Å². The van der Waals surface area contributed by atoms with Crippen molar-refractivity contribution in [2.75, 3.05) is 31.6 Å². The van der Waals surface area contributed by atoms with Crippen molar-refractivity contribution in [1.29, 1.82) is 0 Å². The van der Waals surface area contributed by atoms with Gasteiger partial charge in [0.25, 0.3) is 0 Å². The summed E-state index contributed by atoms with van der Waals surface area (Å²) in [6.07, 6.45) is 1.15. The number of hydrogen-bond acceptors (Lipinski definition) is 3. The van der Waals surface area contributed by atoms with Crippen LogP contribution in [-0.2, 0) is 0 Å². The Kier molecular flexibility index (Phi) is 4.49. The lowest BCUT2D eigenvalue weighted by Gasteiger charge is -2.32. The van der Waals surface area contributed by atoms with Crippen LogP contribution in [0.4, 0.5) is 5.69 Å². The zero-order valence-corrected chi connectivity index (χ0v) is 11.9. The fourth-order valence-corrected chi connectivity index (χ4v) is 2.73. The lowest BCUT2D eigenvalue weighted by Crippen LogP contribution is -2.45. The highest BCUT2D eigenvalue weighted by Crippen LogP contribution is 2.25. The molecule has 18 heavy (non-hydrogen) atoms. The second kappa shape index (κ2) is 5.91. The van der Waals surface area contributed by atoms with Crippen LogP contribution in [0, 0.1) is 0 Å². The van der Waals surface area contributed by atoms with Crippen molar-refractivity contribution in [3.05, 3.63) is 29.3 Å². The summed E-state index contributed by atoms with van der Waals surface area (Å²) >= 11 is 6.09. The van der Waals surface area contributed by atoms with Gasteiger partial charge in [0.15, 0.2) is 0 Å². The van der Waals surface area contributed by atoms with Crippen LogP contribution in [0.15, 0.2) is 24.3 Å². The minimum absolute atomic E-state index is 0.411. The van der Waals surface area contributed by atoms with E-state index in [4.69, 9.17) is 17.3 Å². The summed E-state index contributed by atoms with van der Waals surface area (Å²) in [5.74, 6) is 0. The third kappa shape index (κ3) is 2.97. The average molecular weight is 268 g/mol. The van der Waals surface area contributed by atoms with E-state index in [9.17, 15) is 0 Å². The molecule has 1 aliphatic heterocycles. The van der Waals surface area contributed by atoms with Gasteiger partial charge >= 0.3 is 0 Å². The SMILES string of the molecule is CC1CCN(C)C(CN)CN1c1cccc(Cl)c1. The molecule has 0 spiro atoms. The highest BCUT2D eigenvalue weighted by atomic mass is 35.5. The van der Waals surface area contributed by atoms with E-state index in [0.29, 0.717) is 18.6 Å². The number of hydrogen-bond donors (Lipinski definition) is 1. The monoisotopic (exact) mass is 267 g/mol. The quantitative estimate of drug-likeness (QED) is 0.892. The van der Waals surface area contributed by atoms with Gasteiger partial charge in [0.2, 0.25) is 0 Å². The number of benzene rings is 1. The predicted octanol–water partition coefficient (Wildman–Crippen LogP) is 2.20. The molecule has 1 saturated heterocycles. The van der Waals surface area contributed by atoms with Crippen LogP contribution in [0.1, 0.15) is 13.3 Å². The second-order valence-corrected chi connectivity index (χ2v) is 5.58. The fourth-order valence-electron chi connectivity index (χ4n) is 2.54. The highest BCUT2D eigenvalue weighted by Gasteiger charge is 2.25. The Hall–Kier alpha value is -0.770. The van der Waals surface area contributed by atoms with Crippen molar-refractivity contribution in [2.45, 2.75) is 25.4 Å². The minimum Gasteiger partial charge on any atom is -0.367 e. The Morgan fingerprint density at radius 1 is 1.44 bits per heavy atom. The molecule has 0 radical (unpaired) electrons. The fraction of sp³-hybridized carbons (Fsp3) is 0.571. The van der Waals surface area contributed by atoms with E-state index in [2.05, 4.69) is 29.8 Å². The normalized spacial score (nSPS) is 26.1. The number of anilines is 1. The zero-order chi connectivity index (χ0) is 13.1. The van der Waals surface area contributed by atoms with E-state index >= 15 is 0 Å². The maximum absolute atomic E-state index is 6.09. The summed E-state index contributed by atoms with van der Waals surface area (Å²) in [5.41, 5.74) is 7.08. The van der Waals surface area contributed by atoms with E-state index in [1.165, 1.54) is 5.69 Å². The van der Waals surface area contributed by atoms with Crippen LogP contribution in [0.3, 0.4) is 0 Å². The molecule has 1 heterocycles. The molecule has 2 atom stereocenters. The van der Waals surface area contributed by atoms with Gasteiger partial charge in [-0.25, -0.2) is 0 Å². The second-order valence-electron chi connectivity index (χ2n) is 5.14. The summed E-state index contributed by atoms with van der Waals surface area (Å²) in [6.45, 7) is 5.03. The van der Waals surface area contributed by atoms with Gasteiger partial charge in [0, 0.05) is 42.4 Å². The number of rotatable bonds is 2. The first-order valence-electron chi connectivity index (χ1n) is 6.54. The molecule has 0 saturated carbocycles. The average Bonchev–Trinajstić information content (AvgIpc) is 2.50. The Balaban J connectivity index is 2.24. The van der Waals surface area contributed by atoms with Crippen molar-refractivity contribution < 1.29 is 0 Å². The first kappa shape index (κ1) is 13.7. The molecular formula is C14H22ClN3. The standard InChI is InChI=1S/C14H22ClN3/c1-11-6-7-17(2)14(9-16)10-18(11)13-5-3-4-12(15)8-13/h3-5,8,11,14H,6-7,9-10,16H2,1-2H3. The molecule has 2 unspecified atom stereocenters. The molecular weight excluding hydrogens is 246 g/mol. The van der Waals surface area contributed by atoms with Crippen LogP contribution in [-0.4, -0.2) is 43.7 Å². The number of likely N-dealkylation sites (N-methyl/N-ethyl adjacent to an activating group) is 1. The van der Waals surface area contributed by atoms with Crippen molar-refractivity contribution in [1.82, 2.24) is 4.90 Å². The Morgan fingerprint density at radius 3 is 2.89 bits per heavy atom. The Bertz CT molecular complexity index is 396. The Morgan fingerprint density at radius 2 is 2.22 bits per heavy atom. The van der Waals surface area contributed by atoms with Crippen LogP contribution in [0.5, 0.6) is 0 Å². The highest BCUT2D eigenvalue weighted by molar-refractivity contribution is 6.30. The van der Waals surface area contributed by atoms with Crippen molar-refractivity contribution in [3.8, 4) is 0 Å². The largest absolute Gasteiger partial charge is 0.367 e. The maximum atomic E-state index is 6.09. The van der Waals surface area contributed by atoms with Gasteiger partial charge in [-0.1, -0.05) is 17.7 Å². The summed E-state index contributed by atoms with van der Waals surface area (Å²) in [7, 11) is 2.16. The molecule has 1 aromatic carbocycles. The molecule has 0 aromatic heterocycles. The molecule has 0 bridgehead atoms. The summed E-state index contributed by atoms with van der Waals surface area (Å²) in [5, 5.41) is 0.793. The zero-order valence-electron chi connectivity index (χ0n) is 11.1. The minimum atomic E-state index is 0.411. The topological polar surface area (TPSA) is 32.5 Å². The van der Waals surface area contributed by atoms with Gasteiger partial charge in [-0.3, -0.25) is 0 Å². The van der Waals surface area contributed by atoms with Gasteiger partial charge in [-0.2, -0.15) is 0 Å². The third-order valence-electron chi connectivity index (χ3n) is 3.87. The van der Waals surface area contributed by atoms with Gasteiger partial charge < -0.3 is 15.5 Å². The van der Waals surface area contributed by atoms with E-state index in [-0.39, 0.29) is 0 Å². The predicted molar refractivity (Wildman–Crippen MR) is 78.3 cm³/mol. The lowest BCUT2D eigenvalue weighted by molar-refractivity contribution is 0.265. The van der Waals surface area contributed by atoms with Crippen molar-refractivity contribution in [3.63, 3.8) is 0 Å². The van der Waals surface area contributed by atoms with E-state index in [1.807, 2.05) is 18.2 Å². The lowest BCUT2D eigenvalue weighted by atomic mass is 10.1. The first-order chi connectivity index (χ1) is 8.61.